The molecule has 8 nitrogen and oxygen atoms in total. The lowest BCUT2D eigenvalue weighted by Gasteiger charge is -2.18. The van der Waals surface area contributed by atoms with Gasteiger partial charge in [-0.1, -0.05) is 22.8 Å². The molecule has 0 spiro atoms. The predicted molar refractivity (Wildman–Crippen MR) is 85.9 cm³/mol. The van der Waals surface area contributed by atoms with Gasteiger partial charge in [0.25, 0.3) is 0 Å². The number of H-pyrrole nitrogens is 1. The zero-order valence-corrected chi connectivity index (χ0v) is 14.0. The zero-order valence-electron chi connectivity index (χ0n) is 13.2. The van der Waals surface area contributed by atoms with E-state index < -0.39 is 5.82 Å². The number of hydrogen-bond acceptors (Lipinski definition) is 6. The van der Waals surface area contributed by atoms with E-state index in [1.165, 1.54) is 23.4 Å². The Labute approximate surface area is 147 Å². The number of aryl methyl sites for hydroxylation is 1. The number of nitrogens with one attached hydrogen (secondary N) is 1. The molecule has 3 aromatic rings. The van der Waals surface area contributed by atoms with Gasteiger partial charge in [-0.05, 0) is 12.1 Å². The lowest BCUT2D eigenvalue weighted by Crippen LogP contribution is -2.27. The largest absolute Gasteiger partial charge is 0.341 e. The summed E-state index contributed by atoms with van der Waals surface area (Å²) in [6, 6.07) is 4.41. The Morgan fingerprint density at radius 2 is 2.28 bits per heavy atom. The van der Waals surface area contributed by atoms with Gasteiger partial charge in [-0.2, -0.15) is 10.1 Å². The van der Waals surface area contributed by atoms with Gasteiger partial charge in [0.1, 0.15) is 12.1 Å². The minimum Gasteiger partial charge on any atom is -0.341 e. The number of hydrogen-bond donors (Lipinski definition) is 1. The summed E-state index contributed by atoms with van der Waals surface area (Å²) < 4.78 is 18.9. The molecule has 0 atom stereocenters. The number of benzene rings is 1. The van der Waals surface area contributed by atoms with Crippen molar-refractivity contribution in [3.63, 3.8) is 0 Å². The topological polar surface area (TPSA) is 101 Å². The predicted octanol–water partition coefficient (Wildman–Crippen LogP) is 2.24. The molecule has 1 aromatic carbocycles. The fourth-order valence-corrected chi connectivity index (χ4v) is 2.40. The van der Waals surface area contributed by atoms with Crippen LogP contribution in [0, 0.1) is 5.82 Å². The molecule has 10 heteroatoms. The van der Waals surface area contributed by atoms with Crippen LogP contribution in [0.25, 0.3) is 11.6 Å². The third-order valence-electron chi connectivity index (χ3n) is 3.53. The first-order valence-corrected chi connectivity index (χ1v) is 7.77. The summed E-state index contributed by atoms with van der Waals surface area (Å²) in [5.41, 5.74) is 0.283. The van der Waals surface area contributed by atoms with Gasteiger partial charge in [0.15, 0.2) is 5.82 Å². The van der Waals surface area contributed by atoms with Gasteiger partial charge in [0.2, 0.25) is 17.6 Å². The van der Waals surface area contributed by atoms with Crippen LogP contribution >= 0.6 is 11.6 Å². The molecular formula is C15H14ClFN6O2. The van der Waals surface area contributed by atoms with Gasteiger partial charge in [-0.15, -0.1) is 0 Å². The van der Waals surface area contributed by atoms with E-state index in [0.717, 1.165) is 0 Å². The monoisotopic (exact) mass is 364 g/mol. The smallest absolute Gasteiger partial charge is 0.239 e. The van der Waals surface area contributed by atoms with Crippen molar-refractivity contribution in [1.29, 1.82) is 0 Å². The van der Waals surface area contributed by atoms with Gasteiger partial charge in [-0.25, -0.2) is 9.37 Å². The van der Waals surface area contributed by atoms with E-state index in [1.807, 2.05) is 0 Å². The van der Waals surface area contributed by atoms with Crippen LogP contribution in [0.1, 0.15) is 17.9 Å². The van der Waals surface area contributed by atoms with Crippen molar-refractivity contribution in [1.82, 2.24) is 30.2 Å². The molecule has 0 unspecified atom stereocenters. The van der Waals surface area contributed by atoms with Gasteiger partial charge < -0.3 is 9.42 Å². The summed E-state index contributed by atoms with van der Waals surface area (Å²) in [5, 5.41) is 10.4. The number of aromatic nitrogens is 5. The van der Waals surface area contributed by atoms with Crippen molar-refractivity contribution >= 4 is 17.5 Å². The van der Waals surface area contributed by atoms with E-state index in [4.69, 9.17) is 16.1 Å². The summed E-state index contributed by atoms with van der Waals surface area (Å²) in [6.07, 6.45) is 1.73. The second kappa shape index (κ2) is 7.39. The van der Waals surface area contributed by atoms with E-state index in [0.29, 0.717) is 11.7 Å². The van der Waals surface area contributed by atoms with E-state index in [9.17, 15) is 9.18 Å². The van der Waals surface area contributed by atoms with Crippen molar-refractivity contribution in [2.24, 2.45) is 0 Å². The highest BCUT2D eigenvalue weighted by atomic mass is 35.5. The van der Waals surface area contributed by atoms with Crippen LogP contribution in [-0.2, 0) is 17.8 Å². The lowest BCUT2D eigenvalue weighted by atomic mass is 10.2. The van der Waals surface area contributed by atoms with Crippen molar-refractivity contribution in [2.75, 3.05) is 7.05 Å². The Morgan fingerprint density at radius 1 is 1.44 bits per heavy atom. The molecule has 0 saturated carbocycles. The Bertz CT molecular complexity index is 847. The molecule has 3 rings (SSSR count). The maximum absolute atomic E-state index is 13.8. The van der Waals surface area contributed by atoms with Crippen LogP contribution in [0.5, 0.6) is 0 Å². The Balaban J connectivity index is 1.57. The zero-order chi connectivity index (χ0) is 17.8. The summed E-state index contributed by atoms with van der Waals surface area (Å²) in [5.74, 6) is 0.315. The van der Waals surface area contributed by atoms with Crippen molar-refractivity contribution in [3.05, 3.63) is 46.8 Å². The molecule has 0 bridgehead atoms. The van der Waals surface area contributed by atoms with Crippen molar-refractivity contribution in [2.45, 2.75) is 19.4 Å². The van der Waals surface area contributed by atoms with Crippen LogP contribution in [0.2, 0.25) is 5.02 Å². The molecule has 2 heterocycles. The molecule has 0 aliphatic rings. The number of nitrogens with zero attached hydrogens (tertiary/aromatic N) is 5. The minimum atomic E-state index is -0.444. The highest BCUT2D eigenvalue weighted by molar-refractivity contribution is 6.31. The Hall–Kier alpha value is -2.81. The molecule has 0 aliphatic heterocycles. The second-order valence-corrected chi connectivity index (χ2v) is 5.70. The number of amides is 1. The van der Waals surface area contributed by atoms with Crippen LogP contribution < -0.4 is 0 Å². The van der Waals surface area contributed by atoms with E-state index in [-0.39, 0.29) is 41.7 Å². The maximum atomic E-state index is 13.8. The fraction of sp³-hybridized carbons (Fsp3) is 0.267. The first-order chi connectivity index (χ1) is 12.0. The first kappa shape index (κ1) is 17.0. The average molecular weight is 365 g/mol. The SMILES string of the molecule is CN(Cc1c(F)cccc1Cl)C(=O)CCc1nc(-c2ncn[nH]2)no1. The van der Waals surface area contributed by atoms with Crippen LogP contribution in [0.3, 0.4) is 0 Å². The molecule has 0 aliphatic carbocycles. The average Bonchev–Trinajstić information content (AvgIpc) is 3.26. The number of aromatic amines is 1. The number of rotatable bonds is 6. The third kappa shape index (κ3) is 4.00. The lowest BCUT2D eigenvalue weighted by molar-refractivity contribution is -0.130. The fourth-order valence-electron chi connectivity index (χ4n) is 2.18. The summed E-state index contributed by atoms with van der Waals surface area (Å²) in [6.45, 7) is 0.0808. The van der Waals surface area contributed by atoms with Gasteiger partial charge in [-0.3, -0.25) is 9.89 Å². The molecule has 25 heavy (non-hydrogen) atoms. The van der Waals surface area contributed by atoms with E-state index in [2.05, 4.69) is 25.3 Å². The molecule has 2 aromatic heterocycles. The molecule has 0 saturated heterocycles. The second-order valence-electron chi connectivity index (χ2n) is 5.30. The highest BCUT2D eigenvalue weighted by Crippen LogP contribution is 2.20. The van der Waals surface area contributed by atoms with Gasteiger partial charge >= 0.3 is 0 Å². The number of carbonyl (C=O) groups is 1. The van der Waals surface area contributed by atoms with Crippen LogP contribution in [0.4, 0.5) is 4.39 Å². The van der Waals surface area contributed by atoms with Crippen LogP contribution in [-0.4, -0.2) is 43.2 Å². The normalized spacial score (nSPS) is 10.8. The van der Waals surface area contributed by atoms with Crippen molar-refractivity contribution < 1.29 is 13.7 Å². The highest BCUT2D eigenvalue weighted by Gasteiger charge is 2.16. The third-order valence-corrected chi connectivity index (χ3v) is 3.88. The van der Waals surface area contributed by atoms with E-state index in [1.54, 1.807) is 13.1 Å². The Kier molecular flexibility index (Phi) is 5.03. The maximum Gasteiger partial charge on any atom is 0.239 e. The standard InChI is InChI=1S/C15H14ClFN6O2/c1-23(7-9-10(16)3-2-4-11(9)17)13(24)6-5-12-20-15(22-25-12)14-18-8-19-21-14/h2-4,8H,5-7H2,1H3,(H,18,19,21). The van der Waals surface area contributed by atoms with Gasteiger partial charge in [0.05, 0.1) is 0 Å². The number of carbonyl (C=O) groups excluding carboxylic acids is 1. The Morgan fingerprint density at radius 3 is 3.00 bits per heavy atom. The molecule has 1 N–H and O–H groups in total. The van der Waals surface area contributed by atoms with E-state index >= 15 is 0 Å². The first-order valence-electron chi connectivity index (χ1n) is 7.39. The summed E-state index contributed by atoms with van der Waals surface area (Å²) in [7, 11) is 1.58. The quantitative estimate of drug-likeness (QED) is 0.719. The minimum absolute atomic E-state index is 0.0808. The molecule has 0 fully saturated rings. The van der Waals surface area contributed by atoms with Crippen molar-refractivity contribution in [3.8, 4) is 11.6 Å². The van der Waals surface area contributed by atoms with Gasteiger partial charge in [0, 0.05) is 37.0 Å². The number of halogens is 2. The molecule has 1 amide bonds. The molecular weight excluding hydrogens is 351 g/mol. The summed E-state index contributed by atoms with van der Waals surface area (Å²) >= 11 is 5.98. The molecule has 130 valence electrons. The molecule has 0 radical (unpaired) electrons. The summed E-state index contributed by atoms with van der Waals surface area (Å²) in [4.78, 5) is 21.7. The van der Waals surface area contributed by atoms with Crippen LogP contribution in [0.15, 0.2) is 29.0 Å².